The number of nitrogens with two attached hydrogens (primary N) is 1. The topological polar surface area (TPSA) is 66.0 Å². The Bertz CT molecular complexity index is 524. The number of hydrogen-bond donors (Lipinski definition) is 1. The lowest BCUT2D eigenvalue weighted by molar-refractivity contribution is 0.202. The lowest BCUT2D eigenvalue weighted by Crippen LogP contribution is -2.08. The first-order chi connectivity index (χ1) is 9.26. The number of rotatable bonds is 6. The number of hydrogen-bond acceptors (Lipinski definition) is 4. The third-order valence-electron chi connectivity index (χ3n) is 3.14. The SMILES string of the molecule is CCC(N)c1cn(-c2ccccc2CCOC)nn1. The molecule has 0 radical (unpaired) electrons. The first-order valence-electron chi connectivity index (χ1n) is 6.51. The smallest absolute Gasteiger partial charge is 0.0998 e. The van der Waals surface area contributed by atoms with Gasteiger partial charge in [-0.05, 0) is 24.5 Å². The summed E-state index contributed by atoms with van der Waals surface area (Å²) in [7, 11) is 1.70. The third-order valence-corrected chi connectivity index (χ3v) is 3.14. The summed E-state index contributed by atoms with van der Waals surface area (Å²) in [5.74, 6) is 0. The first kappa shape index (κ1) is 13.7. The van der Waals surface area contributed by atoms with Gasteiger partial charge >= 0.3 is 0 Å². The van der Waals surface area contributed by atoms with Crippen LogP contribution in [0.15, 0.2) is 30.5 Å². The lowest BCUT2D eigenvalue weighted by Gasteiger charge is -2.08. The van der Waals surface area contributed by atoms with Gasteiger partial charge in [0.15, 0.2) is 0 Å². The van der Waals surface area contributed by atoms with Gasteiger partial charge in [0.1, 0.15) is 0 Å². The van der Waals surface area contributed by atoms with Gasteiger partial charge in [-0.15, -0.1) is 5.10 Å². The molecular weight excluding hydrogens is 240 g/mol. The molecule has 1 heterocycles. The maximum absolute atomic E-state index is 5.97. The zero-order valence-electron chi connectivity index (χ0n) is 11.4. The molecule has 19 heavy (non-hydrogen) atoms. The van der Waals surface area contributed by atoms with Crippen LogP contribution in [0.1, 0.15) is 30.6 Å². The van der Waals surface area contributed by atoms with Crippen LogP contribution in [0, 0.1) is 0 Å². The fourth-order valence-electron chi connectivity index (χ4n) is 1.93. The number of nitrogens with zero attached hydrogens (tertiary/aromatic N) is 3. The monoisotopic (exact) mass is 260 g/mol. The van der Waals surface area contributed by atoms with Gasteiger partial charge in [-0.25, -0.2) is 4.68 Å². The fraction of sp³-hybridized carbons (Fsp3) is 0.429. The molecule has 5 nitrogen and oxygen atoms in total. The Balaban J connectivity index is 2.28. The van der Waals surface area contributed by atoms with Gasteiger partial charge in [-0.2, -0.15) is 0 Å². The average molecular weight is 260 g/mol. The highest BCUT2D eigenvalue weighted by Gasteiger charge is 2.11. The minimum atomic E-state index is -0.0557. The van der Waals surface area contributed by atoms with E-state index >= 15 is 0 Å². The summed E-state index contributed by atoms with van der Waals surface area (Å²) in [4.78, 5) is 0. The lowest BCUT2D eigenvalue weighted by atomic mass is 10.1. The number of benzene rings is 1. The summed E-state index contributed by atoms with van der Waals surface area (Å²) in [5, 5.41) is 8.31. The fourth-order valence-corrected chi connectivity index (χ4v) is 1.93. The summed E-state index contributed by atoms with van der Waals surface area (Å²) in [6, 6.07) is 8.06. The van der Waals surface area contributed by atoms with Crippen LogP contribution < -0.4 is 5.73 Å². The second-order valence-electron chi connectivity index (χ2n) is 4.47. The molecule has 2 aromatic rings. The van der Waals surface area contributed by atoms with Crippen molar-refractivity contribution in [2.45, 2.75) is 25.8 Å². The quantitative estimate of drug-likeness (QED) is 0.861. The second-order valence-corrected chi connectivity index (χ2v) is 4.47. The van der Waals surface area contributed by atoms with Gasteiger partial charge < -0.3 is 10.5 Å². The normalized spacial score (nSPS) is 12.6. The standard InChI is InChI=1S/C14H20N4O/c1-3-12(15)13-10-18(17-16-13)14-7-5-4-6-11(14)8-9-19-2/h4-7,10,12H,3,8-9,15H2,1-2H3. The average Bonchev–Trinajstić information content (AvgIpc) is 2.94. The molecule has 0 aliphatic heterocycles. The van der Waals surface area contributed by atoms with Gasteiger partial charge in [0, 0.05) is 7.11 Å². The van der Waals surface area contributed by atoms with Crippen molar-refractivity contribution in [1.82, 2.24) is 15.0 Å². The predicted molar refractivity (Wildman–Crippen MR) is 74.2 cm³/mol. The van der Waals surface area contributed by atoms with Crippen LogP contribution in [-0.4, -0.2) is 28.7 Å². The van der Waals surface area contributed by atoms with Gasteiger partial charge in [0.05, 0.1) is 30.2 Å². The summed E-state index contributed by atoms with van der Waals surface area (Å²) >= 11 is 0. The largest absolute Gasteiger partial charge is 0.384 e. The van der Waals surface area contributed by atoms with E-state index in [1.54, 1.807) is 11.8 Å². The van der Waals surface area contributed by atoms with Crippen LogP contribution in [0.5, 0.6) is 0 Å². The van der Waals surface area contributed by atoms with Crippen LogP contribution in [0.25, 0.3) is 5.69 Å². The molecule has 2 N–H and O–H groups in total. The Hall–Kier alpha value is -1.72. The summed E-state index contributed by atoms with van der Waals surface area (Å²) in [6.45, 7) is 2.73. The second kappa shape index (κ2) is 6.45. The van der Waals surface area contributed by atoms with Crippen molar-refractivity contribution in [1.29, 1.82) is 0 Å². The molecule has 1 aromatic heterocycles. The number of para-hydroxylation sites is 1. The zero-order valence-corrected chi connectivity index (χ0v) is 11.4. The minimum absolute atomic E-state index is 0.0557. The predicted octanol–water partition coefficient (Wildman–Crippen LogP) is 1.87. The Morgan fingerprint density at radius 2 is 2.16 bits per heavy atom. The molecule has 0 amide bonds. The van der Waals surface area contributed by atoms with Crippen molar-refractivity contribution >= 4 is 0 Å². The molecule has 102 valence electrons. The molecular formula is C14H20N4O. The number of ether oxygens (including phenoxy) is 1. The molecule has 1 atom stereocenters. The summed E-state index contributed by atoms with van der Waals surface area (Å²) < 4.78 is 6.92. The van der Waals surface area contributed by atoms with Crippen molar-refractivity contribution in [3.8, 4) is 5.69 Å². The Kier molecular flexibility index (Phi) is 4.65. The van der Waals surface area contributed by atoms with E-state index in [1.807, 2.05) is 31.3 Å². The van der Waals surface area contributed by atoms with Crippen molar-refractivity contribution in [3.05, 3.63) is 41.7 Å². The third kappa shape index (κ3) is 3.19. The van der Waals surface area contributed by atoms with E-state index in [2.05, 4.69) is 16.4 Å². The van der Waals surface area contributed by atoms with Crippen LogP contribution in [0.4, 0.5) is 0 Å². The van der Waals surface area contributed by atoms with Crippen LogP contribution >= 0.6 is 0 Å². The molecule has 0 spiro atoms. The molecule has 0 fully saturated rings. The summed E-state index contributed by atoms with van der Waals surface area (Å²) in [6.07, 6.45) is 3.60. The van der Waals surface area contributed by atoms with E-state index in [1.165, 1.54) is 5.56 Å². The van der Waals surface area contributed by atoms with E-state index < -0.39 is 0 Å². The van der Waals surface area contributed by atoms with Crippen LogP contribution in [-0.2, 0) is 11.2 Å². The van der Waals surface area contributed by atoms with Crippen molar-refractivity contribution < 1.29 is 4.74 Å². The summed E-state index contributed by atoms with van der Waals surface area (Å²) in [5.41, 5.74) is 9.01. The molecule has 1 aromatic carbocycles. The van der Waals surface area contributed by atoms with Crippen LogP contribution in [0.2, 0.25) is 0 Å². The Labute approximate surface area is 113 Å². The van der Waals surface area contributed by atoms with Crippen LogP contribution in [0.3, 0.4) is 0 Å². The first-order valence-corrected chi connectivity index (χ1v) is 6.51. The molecule has 0 aliphatic rings. The van der Waals surface area contributed by atoms with E-state index in [0.717, 1.165) is 24.2 Å². The highest BCUT2D eigenvalue weighted by molar-refractivity contribution is 5.40. The highest BCUT2D eigenvalue weighted by Crippen LogP contribution is 2.16. The maximum Gasteiger partial charge on any atom is 0.0998 e. The van der Waals surface area contributed by atoms with E-state index in [0.29, 0.717) is 6.61 Å². The molecule has 0 bridgehead atoms. The van der Waals surface area contributed by atoms with Crippen molar-refractivity contribution in [3.63, 3.8) is 0 Å². The van der Waals surface area contributed by atoms with E-state index in [9.17, 15) is 0 Å². The van der Waals surface area contributed by atoms with Crippen molar-refractivity contribution in [2.75, 3.05) is 13.7 Å². The Morgan fingerprint density at radius 3 is 2.89 bits per heavy atom. The van der Waals surface area contributed by atoms with Crippen molar-refractivity contribution in [2.24, 2.45) is 5.73 Å². The molecule has 2 rings (SSSR count). The maximum atomic E-state index is 5.97. The molecule has 1 unspecified atom stereocenters. The molecule has 0 aliphatic carbocycles. The zero-order chi connectivity index (χ0) is 13.7. The molecule has 5 heteroatoms. The van der Waals surface area contributed by atoms with E-state index in [4.69, 9.17) is 10.5 Å². The van der Waals surface area contributed by atoms with Gasteiger partial charge in [0.2, 0.25) is 0 Å². The molecule has 0 saturated carbocycles. The minimum Gasteiger partial charge on any atom is -0.384 e. The Morgan fingerprint density at radius 1 is 1.37 bits per heavy atom. The molecule has 0 saturated heterocycles. The number of aromatic nitrogens is 3. The van der Waals surface area contributed by atoms with Gasteiger partial charge in [0.25, 0.3) is 0 Å². The number of methoxy groups -OCH3 is 1. The van der Waals surface area contributed by atoms with Gasteiger partial charge in [-0.3, -0.25) is 0 Å². The highest BCUT2D eigenvalue weighted by atomic mass is 16.5. The van der Waals surface area contributed by atoms with E-state index in [-0.39, 0.29) is 6.04 Å². The van der Waals surface area contributed by atoms with Gasteiger partial charge in [-0.1, -0.05) is 30.3 Å².